The molecule has 19 heavy (non-hydrogen) atoms. The lowest BCUT2D eigenvalue weighted by atomic mass is 9.89. The van der Waals surface area contributed by atoms with Crippen molar-refractivity contribution in [2.75, 3.05) is 5.73 Å². The maximum atomic E-state index is 6.12. The molecule has 0 bridgehead atoms. The van der Waals surface area contributed by atoms with Crippen LogP contribution >= 0.6 is 0 Å². The summed E-state index contributed by atoms with van der Waals surface area (Å²) in [6, 6.07) is 0. The number of ether oxygens (including phenoxy) is 1. The molecule has 4 heteroatoms. The minimum Gasteiger partial charge on any atom is -0.474 e. The summed E-state index contributed by atoms with van der Waals surface area (Å²) in [6.07, 6.45) is 7.49. The summed E-state index contributed by atoms with van der Waals surface area (Å²) >= 11 is 0. The van der Waals surface area contributed by atoms with E-state index >= 15 is 0 Å². The van der Waals surface area contributed by atoms with E-state index in [9.17, 15) is 0 Å². The minimum atomic E-state index is 0.295. The van der Waals surface area contributed by atoms with E-state index in [-0.39, 0.29) is 0 Å². The van der Waals surface area contributed by atoms with E-state index < -0.39 is 0 Å². The molecule has 1 heterocycles. The summed E-state index contributed by atoms with van der Waals surface area (Å²) in [6.45, 7) is 4.25. The van der Waals surface area contributed by atoms with Gasteiger partial charge >= 0.3 is 0 Å². The second-order valence-corrected chi connectivity index (χ2v) is 6.18. The Balaban J connectivity index is 1.78. The zero-order chi connectivity index (χ0) is 13.4. The number of nitrogen functional groups attached to an aromatic ring is 1. The molecule has 0 aliphatic heterocycles. The van der Waals surface area contributed by atoms with Crippen molar-refractivity contribution in [3.05, 3.63) is 11.4 Å². The fourth-order valence-electron chi connectivity index (χ4n) is 2.81. The zero-order valence-electron chi connectivity index (χ0n) is 11.9. The predicted octanol–water partition coefficient (Wildman–Crippen LogP) is 3.20. The van der Waals surface area contributed by atoms with Crippen molar-refractivity contribution >= 4 is 5.82 Å². The maximum Gasteiger partial charge on any atom is 0.222 e. The van der Waals surface area contributed by atoms with Gasteiger partial charge in [0.2, 0.25) is 5.88 Å². The lowest BCUT2D eigenvalue weighted by Gasteiger charge is -2.27. The van der Waals surface area contributed by atoms with E-state index in [0.717, 1.165) is 30.1 Å². The van der Waals surface area contributed by atoms with Crippen LogP contribution in [0.25, 0.3) is 0 Å². The van der Waals surface area contributed by atoms with Gasteiger partial charge in [-0.3, -0.25) is 0 Å². The van der Waals surface area contributed by atoms with Gasteiger partial charge in [-0.1, -0.05) is 13.3 Å². The molecule has 4 nitrogen and oxygen atoms in total. The molecule has 0 amide bonds. The number of hydrogen-bond donors (Lipinski definition) is 1. The summed E-state index contributed by atoms with van der Waals surface area (Å²) in [5, 5.41) is 0. The van der Waals surface area contributed by atoms with Gasteiger partial charge in [0.05, 0.1) is 5.56 Å². The van der Waals surface area contributed by atoms with Crippen LogP contribution in [-0.4, -0.2) is 16.1 Å². The summed E-state index contributed by atoms with van der Waals surface area (Å²) in [5.74, 6) is 3.43. The van der Waals surface area contributed by atoms with Crippen molar-refractivity contribution in [3.63, 3.8) is 0 Å². The summed E-state index contributed by atoms with van der Waals surface area (Å²) in [7, 11) is 0. The van der Waals surface area contributed by atoms with E-state index in [1.165, 1.54) is 25.7 Å². The van der Waals surface area contributed by atoms with Crippen LogP contribution in [-0.2, 0) is 0 Å². The average molecular weight is 261 g/mol. The quantitative estimate of drug-likeness (QED) is 0.907. The molecule has 2 fully saturated rings. The molecule has 2 unspecified atom stereocenters. The SMILES string of the molecule is Cc1c(N)nc(C2CC2)nc1OC1CCCC(C)C1. The molecule has 0 spiro atoms. The van der Waals surface area contributed by atoms with Gasteiger partial charge in [0.15, 0.2) is 0 Å². The third-order valence-corrected chi connectivity index (χ3v) is 4.27. The molecule has 2 N–H and O–H groups in total. The van der Waals surface area contributed by atoms with Gasteiger partial charge in [-0.05, 0) is 44.9 Å². The third-order valence-electron chi connectivity index (χ3n) is 4.27. The molecule has 1 aromatic heterocycles. The van der Waals surface area contributed by atoms with Crippen molar-refractivity contribution in [3.8, 4) is 5.88 Å². The second kappa shape index (κ2) is 4.99. The lowest BCUT2D eigenvalue weighted by Crippen LogP contribution is -2.25. The Morgan fingerprint density at radius 2 is 1.95 bits per heavy atom. The van der Waals surface area contributed by atoms with Crippen molar-refractivity contribution in [1.82, 2.24) is 9.97 Å². The van der Waals surface area contributed by atoms with E-state index in [1.54, 1.807) is 0 Å². The molecular formula is C15H23N3O. The zero-order valence-corrected chi connectivity index (χ0v) is 11.9. The monoisotopic (exact) mass is 261 g/mol. The minimum absolute atomic E-state index is 0.295. The highest BCUT2D eigenvalue weighted by Crippen LogP contribution is 2.40. The topological polar surface area (TPSA) is 61.0 Å². The molecule has 0 saturated heterocycles. The first kappa shape index (κ1) is 12.7. The highest BCUT2D eigenvalue weighted by molar-refractivity contribution is 5.45. The van der Waals surface area contributed by atoms with Crippen molar-refractivity contribution in [2.24, 2.45) is 5.92 Å². The number of aromatic nitrogens is 2. The first-order valence-electron chi connectivity index (χ1n) is 7.44. The van der Waals surface area contributed by atoms with E-state index in [4.69, 9.17) is 10.5 Å². The van der Waals surface area contributed by atoms with Gasteiger partial charge in [-0.25, -0.2) is 4.98 Å². The number of hydrogen-bond acceptors (Lipinski definition) is 4. The molecule has 2 aliphatic rings. The molecule has 0 radical (unpaired) electrons. The standard InChI is InChI=1S/C15H23N3O/c1-9-4-3-5-12(8-9)19-15-10(2)13(16)17-14(18-15)11-6-7-11/h9,11-12H,3-8H2,1-2H3,(H2,16,17,18). The van der Waals surface area contributed by atoms with E-state index in [0.29, 0.717) is 23.7 Å². The Bertz CT molecular complexity index is 471. The van der Waals surface area contributed by atoms with E-state index in [1.807, 2.05) is 6.92 Å². The smallest absolute Gasteiger partial charge is 0.222 e. The number of nitrogens with zero attached hydrogens (tertiary/aromatic N) is 2. The van der Waals surface area contributed by atoms with Crippen LogP contribution in [0.15, 0.2) is 0 Å². The Morgan fingerprint density at radius 1 is 1.16 bits per heavy atom. The molecule has 3 rings (SSSR count). The largest absolute Gasteiger partial charge is 0.474 e. The maximum absolute atomic E-state index is 6.12. The van der Waals surface area contributed by atoms with Crippen molar-refractivity contribution in [2.45, 2.75) is 64.4 Å². The van der Waals surface area contributed by atoms with Crippen molar-refractivity contribution < 1.29 is 4.74 Å². The van der Waals surface area contributed by atoms with Crippen LogP contribution in [0.2, 0.25) is 0 Å². The Labute approximate surface area is 114 Å². The molecular weight excluding hydrogens is 238 g/mol. The van der Waals surface area contributed by atoms with Crippen LogP contribution in [0, 0.1) is 12.8 Å². The summed E-state index contributed by atoms with van der Waals surface area (Å²) in [4.78, 5) is 8.99. The lowest BCUT2D eigenvalue weighted by molar-refractivity contribution is 0.122. The fraction of sp³-hybridized carbons (Fsp3) is 0.733. The normalized spacial score (nSPS) is 27.3. The molecule has 2 atom stereocenters. The van der Waals surface area contributed by atoms with Gasteiger partial charge in [-0.15, -0.1) is 0 Å². The highest BCUT2D eigenvalue weighted by Gasteiger charge is 2.29. The highest BCUT2D eigenvalue weighted by atomic mass is 16.5. The summed E-state index contributed by atoms with van der Waals surface area (Å²) in [5.41, 5.74) is 6.88. The average Bonchev–Trinajstić information content (AvgIpc) is 3.19. The Morgan fingerprint density at radius 3 is 2.63 bits per heavy atom. The molecule has 1 aromatic rings. The fourth-order valence-corrected chi connectivity index (χ4v) is 2.81. The van der Waals surface area contributed by atoms with Gasteiger partial charge in [0.25, 0.3) is 0 Å². The number of anilines is 1. The van der Waals surface area contributed by atoms with Crippen LogP contribution in [0.3, 0.4) is 0 Å². The van der Waals surface area contributed by atoms with Crippen LogP contribution in [0.5, 0.6) is 5.88 Å². The Kier molecular flexibility index (Phi) is 3.33. The number of rotatable bonds is 3. The van der Waals surface area contributed by atoms with Crippen LogP contribution < -0.4 is 10.5 Å². The van der Waals surface area contributed by atoms with Gasteiger partial charge < -0.3 is 10.5 Å². The third kappa shape index (κ3) is 2.82. The van der Waals surface area contributed by atoms with Gasteiger partial charge in [0.1, 0.15) is 17.7 Å². The second-order valence-electron chi connectivity index (χ2n) is 6.18. The number of nitrogens with two attached hydrogens (primary N) is 1. The van der Waals surface area contributed by atoms with Gasteiger partial charge in [-0.2, -0.15) is 4.98 Å². The van der Waals surface area contributed by atoms with E-state index in [2.05, 4.69) is 16.9 Å². The first-order valence-corrected chi connectivity index (χ1v) is 7.44. The predicted molar refractivity (Wildman–Crippen MR) is 75.2 cm³/mol. The molecule has 0 aromatic carbocycles. The molecule has 2 aliphatic carbocycles. The molecule has 2 saturated carbocycles. The van der Waals surface area contributed by atoms with Crippen LogP contribution in [0.1, 0.15) is 62.8 Å². The van der Waals surface area contributed by atoms with Gasteiger partial charge in [0, 0.05) is 5.92 Å². The summed E-state index contributed by atoms with van der Waals surface area (Å²) < 4.78 is 6.12. The first-order chi connectivity index (χ1) is 9.13. The molecule has 104 valence electrons. The Hall–Kier alpha value is -1.32. The van der Waals surface area contributed by atoms with Crippen molar-refractivity contribution in [1.29, 1.82) is 0 Å². The van der Waals surface area contributed by atoms with Crippen LogP contribution in [0.4, 0.5) is 5.82 Å².